The van der Waals surface area contributed by atoms with Gasteiger partial charge >= 0.3 is 16.4 Å². The number of carboxylic acid groups (broad SMARTS) is 1. The van der Waals surface area contributed by atoms with Gasteiger partial charge in [0.15, 0.2) is 0 Å². The zero-order valence-electron chi connectivity index (χ0n) is 29.1. The number of aromatic nitrogens is 1. The maximum Gasteiger partial charge on any atom is 0.446 e. The van der Waals surface area contributed by atoms with Crippen molar-refractivity contribution in [1.82, 2.24) is 31.6 Å². The first-order valence-electron chi connectivity index (χ1n) is 16.2. The summed E-state index contributed by atoms with van der Waals surface area (Å²) in [5, 5.41) is 22.2. The Labute approximate surface area is 313 Å². The molecular weight excluding hydrogens is 751 g/mol. The van der Waals surface area contributed by atoms with Gasteiger partial charge in [0.05, 0.1) is 13.0 Å². The molecule has 0 saturated heterocycles. The number of fused-ring (bicyclic) bond motifs is 1. The second-order valence-electron chi connectivity index (χ2n) is 11.9. The van der Waals surface area contributed by atoms with Crippen LogP contribution in [0.3, 0.4) is 0 Å². The number of nitrogens with two attached hydrogens (primary N) is 1. The van der Waals surface area contributed by atoms with Crippen LogP contribution in [0.2, 0.25) is 0 Å². The van der Waals surface area contributed by atoms with Gasteiger partial charge in [-0.1, -0.05) is 30.3 Å². The molecule has 10 N–H and O–H groups in total. The lowest BCUT2D eigenvalue weighted by Crippen LogP contribution is -2.58. The molecule has 4 atom stereocenters. The van der Waals surface area contributed by atoms with Crippen molar-refractivity contribution in [2.45, 2.75) is 56.8 Å². The molecule has 0 radical (unpaired) electrons. The second-order valence-corrected chi connectivity index (χ2v) is 13.9. The summed E-state index contributed by atoms with van der Waals surface area (Å²) < 4.78 is 35.5. The van der Waals surface area contributed by atoms with E-state index in [0.29, 0.717) is 11.3 Å². The van der Waals surface area contributed by atoms with Crippen LogP contribution < -0.4 is 36.5 Å². The minimum absolute atomic E-state index is 0.0701. The zero-order chi connectivity index (χ0) is 40.0. The van der Waals surface area contributed by atoms with Gasteiger partial charge in [0, 0.05) is 36.9 Å². The van der Waals surface area contributed by atoms with E-state index in [1.807, 2.05) is 24.3 Å². The molecule has 21 heteroatoms. The number of thioether (sulfide) groups is 1. The number of carbonyl (C=O) groups excluding carboxylic acids is 6. The fourth-order valence-corrected chi connectivity index (χ4v) is 6.03. The van der Waals surface area contributed by atoms with Crippen molar-refractivity contribution in [3.63, 3.8) is 0 Å². The molecule has 0 spiro atoms. The number of aliphatic carboxylic acids is 1. The third kappa shape index (κ3) is 14.0. The molecule has 1 heterocycles. The molecule has 0 aliphatic rings. The predicted molar refractivity (Wildman–Crippen MR) is 195 cm³/mol. The number of hydrogen-bond donors (Lipinski definition) is 9. The fourth-order valence-electron chi connectivity index (χ4n) is 5.21. The number of carbonyl (C=O) groups is 7. The number of H-pyrrole nitrogens is 1. The average Bonchev–Trinajstić information content (AvgIpc) is 3.50. The molecule has 3 rings (SSSR count). The SMILES string of the molecule is CSCCC(NC(=O)C(Cc1ccc(OS(=O)(=O)O)cc1)NC(=O)C(CC(=O)O)NC(C)=O)C(=O)NCC(=O)NC(Cc1c[nH]c2ccccc12)C(N)=O. The number of benzene rings is 2. The van der Waals surface area contributed by atoms with Crippen molar-refractivity contribution < 1.29 is 55.8 Å². The van der Waals surface area contributed by atoms with E-state index in [-0.39, 0.29) is 25.0 Å². The largest absolute Gasteiger partial charge is 0.481 e. The lowest BCUT2D eigenvalue weighted by atomic mass is 10.0. The molecule has 3 aromatic rings. The summed E-state index contributed by atoms with van der Waals surface area (Å²) >= 11 is 1.35. The lowest BCUT2D eigenvalue weighted by molar-refractivity contribution is -0.141. The summed E-state index contributed by atoms with van der Waals surface area (Å²) in [5.41, 5.74) is 7.43. The van der Waals surface area contributed by atoms with E-state index >= 15 is 0 Å². The van der Waals surface area contributed by atoms with Crippen molar-refractivity contribution in [3.05, 3.63) is 65.9 Å². The van der Waals surface area contributed by atoms with Crippen LogP contribution in [0.1, 0.15) is 30.9 Å². The van der Waals surface area contributed by atoms with Crippen LogP contribution >= 0.6 is 11.8 Å². The highest BCUT2D eigenvalue weighted by atomic mass is 32.3. The molecule has 0 aliphatic heterocycles. The Morgan fingerprint density at radius 1 is 0.852 bits per heavy atom. The molecule has 54 heavy (non-hydrogen) atoms. The van der Waals surface area contributed by atoms with Crippen LogP contribution in [0.5, 0.6) is 5.75 Å². The maximum absolute atomic E-state index is 13.7. The number of primary amides is 1. The van der Waals surface area contributed by atoms with Gasteiger partial charge < -0.3 is 46.6 Å². The first-order valence-corrected chi connectivity index (χ1v) is 19.0. The Morgan fingerprint density at radius 2 is 1.50 bits per heavy atom. The molecule has 1 aromatic heterocycles. The van der Waals surface area contributed by atoms with Gasteiger partial charge in [0.2, 0.25) is 35.4 Å². The molecular formula is C33H41N7O12S2. The number of hydrogen-bond acceptors (Lipinski definition) is 11. The quantitative estimate of drug-likeness (QED) is 0.0581. The van der Waals surface area contributed by atoms with Crippen LogP contribution in [0.25, 0.3) is 10.9 Å². The van der Waals surface area contributed by atoms with E-state index < -0.39 is 88.9 Å². The molecule has 6 amide bonds. The van der Waals surface area contributed by atoms with Crippen LogP contribution in [0.4, 0.5) is 0 Å². The highest BCUT2D eigenvalue weighted by molar-refractivity contribution is 7.98. The Bertz CT molecular complexity index is 1940. The summed E-state index contributed by atoms with van der Waals surface area (Å²) in [4.78, 5) is 91.4. The topological polar surface area (TPSA) is 305 Å². The third-order valence-corrected chi connectivity index (χ3v) is 8.76. The van der Waals surface area contributed by atoms with Crippen LogP contribution in [0.15, 0.2) is 54.7 Å². The normalized spacial score (nSPS) is 13.4. The maximum atomic E-state index is 13.7. The van der Waals surface area contributed by atoms with Gasteiger partial charge in [-0.15, -0.1) is 0 Å². The van der Waals surface area contributed by atoms with E-state index in [2.05, 4.69) is 35.8 Å². The van der Waals surface area contributed by atoms with Crippen molar-refractivity contribution >= 4 is 74.5 Å². The monoisotopic (exact) mass is 791 g/mol. The number of aromatic amines is 1. The summed E-state index contributed by atoms with van der Waals surface area (Å²) in [6.45, 7) is 0.476. The summed E-state index contributed by atoms with van der Waals surface area (Å²) in [7, 11) is -4.83. The molecule has 0 aliphatic carbocycles. The van der Waals surface area contributed by atoms with Crippen molar-refractivity contribution in [3.8, 4) is 5.75 Å². The first-order chi connectivity index (χ1) is 25.4. The van der Waals surface area contributed by atoms with Crippen LogP contribution in [0, 0.1) is 0 Å². The molecule has 4 unspecified atom stereocenters. The smallest absolute Gasteiger partial charge is 0.446 e. The number of rotatable bonds is 21. The number of amides is 6. The van der Waals surface area contributed by atoms with Crippen LogP contribution in [-0.2, 0) is 56.8 Å². The highest BCUT2D eigenvalue weighted by Gasteiger charge is 2.31. The van der Waals surface area contributed by atoms with Crippen molar-refractivity contribution in [2.24, 2.45) is 5.73 Å². The highest BCUT2D eigenvalue weighted by Crippen LogP contribution is 2.19. The van der Waals surface area contributed by atoms with E-state index in [9.17, 15) is 47.1 Å². The van der Waals surface area contributed by atoms with Gasteiger partial charge in [0.25, 0.3) is 0 Å². The minimum atomic E-state index is -4.83. The van der Waals surface area contributed by atoms with Gasteiger partial charge in [-0.3, -0.25) is 38.1 Å². The second kappa shape index (κ2) is 20.0. The molecule has 19 nitrogen and oxygen atoms in total. The lowest BCUT2D eigenvalue weighted by Gasteiger charge is -2.25. The minimum Gasteiger partial charge on any atom is -0.481 e. The standard InChI is InChI=1S/C33H41N7O12S2/c1-18(41)37-27(15-29(43)44)33(48)40-26(13-19-7-9-21(10-8-19)52-54(49,50)51)32(47)39-24(11-12-53-2)31(46)36-17-28(42)38-25(30(34)45)14-20-16-35-23-6-4-3-5-22(20)23/h3-10,16,24-27,35H,11-15,17H2,1-2H3,(H2,34,45)(H,36,46)(H,37,41)(H,38,42)(H,39,47)(H,40,48)(H,43,44)(H,49,50,51). The zero-order valence-corrected chi connectivity index (χ0v) is 30.8. The number of carboxylic acids is 1. The average molecular weight is 792 g/mol. The summed E-state index contributed by atoms with van der Waals surface area (Å²) in [6, 6.07) is 6.90. The van der Waals surface area contributed by atoms with Crippen molar-refractivity contribution in [1.29, 1.82) is 0 Å². The van der Waals surface area contributed by atoms with Gasteiger partial charge in [-0.25, -0.2) is 0 Å². The number of para-hydroxylation sites is 1. The van der Waals surface area contributed by atoms with Gasteiger partial charge in [0.1, 0.15) is 29.9 Å². The Hall–Kier alpha value is -5.67. The molecule has 2 aromatic carbocycles. The van der Waals surface area contributed by atoms with Gasteiger partial charge in [-0.2, -0.15) is 20.2 Å². The fraction of sp³-hybridized carbons (Fsp3) is 0.364. The first kappa shape index (κ1) is 42.7. The van der Waals surface area contributed by atoms with Crippen LogP contribution in [-0.4, -0.2) is 107 Å². The van der Waals surface area contributed by atoms with Crippen molar-refractivity contribution in [2.75, 3.05) is 18.6 Å². The molecule has 0 bridgehead atoms. The summed E-state index contributed by atoms with van der Waals surface area (Å²) in [6.07, 6.45) is 2.49. The van der Waals surface area contributed by atoms with E-state index in [1.54, 1.807) is 12.5 Å². The van der Waals surface area contributed by atoms with Gasteiger partial charge in [-0.05, 0) is 47.8 Å². The Balaban J connectivity index is 1.75. The van der Waals surface area contributed by atoms with E-state index in [4.69, 9.17) is 10.3 Å². The Morgan fingerprint density at radius 3 is 2.11 bits per heavy atom. The molecule has 0 saturated carbocycles. The predicted octanol–water partition coefficient (Wildman–Crippen LogP) is -1.08. The van der Waals surface area contributed by atoms with E-state index in [0.717, 1.165) is 35.5 Å². The van der Waals surface area contributed by atoms with E-state index in [1.165, 1.54) is 23.9 Å². The Kier molecular flexibility index (Phi) is 15.8. The molecule has 0 fully saturated rings. The summed E-state index contributed by atoms with van der Waals surface area (Å²) in [5.74, 6) is -6.29. The third-order valence-electron chi connectivity index (χ3n) is 7.71. The number of nitrogens with one attached hydrogen (secondary N) is 6. The molecule has 292 valence electrons.